The van der Waals surface area contributed by atoms with E-state index in [1.165, 1.54) is 50.5 Å². The molecule has 0 radical (unpaired) electrons. The lowest BCUT2D eigenvalue weighted by molar-refractivity contribution is -0.123. The minimum atomic E-state index is 0.0778. The number of ether oxygens (including phenoxy) is 1. The van der Waals surface area contributed by atoms with Gasteiger partial charge in [0.2, 0.25) is 5.91 Å². The molecule has 4 nitrogen and oxygen atoms in total. The predicted octanol–water partition coefficient (Wildman–Crippen LogP) is 3.15. The summed E-state index contributed by atoms with van der Waals surface area (Å²) in [4.78, 5) is 14.9. The van der Waals surface area contributed by atoms with Crippen LogP contribution in [0, 0.1) is 5.92 Å². The highest BCUT2D eigenvalue weighted by molar-refractivity contribution is 5.78. The molecule has 2 atom stereocenters. The van der Waals surface area contributed by atoms with Crippen LogP contribution in [-0.2, 0) is 11.2 Å². The van der Waals surface area contributed by atoms with Crippen molar-refractivity contribution in [2.75, 3.05) is 19.6 Å². The quantitative estimate of drug-likeness (QED) is 0.894. The average Bonchev–Trinajstić information content (AvgIpc) is 3.27. The molecule has 2 aliphatic heterocycles. The summed E-state index contributed by atoms with van der Waals surface area (Å²) in [6.07, 6.45) is 10.4. The van der Waals surface area contributed by atoms with E-state index < -0.39 is 0 Å². The number of hydrogen-bond donors (Lipinski definition) is 1. The zero-order valence-electron chi connectivity index (χ0n) is 15.1. The molecule has 4 heteroatoms. The van der Waals surface area contributed by atoms with Gasteiger partial charge in [0, 0.05) is 12.5 Å². The van der Waals surface area contributed by atoms with Crippen molar-refractivity contribution >= 4 is 5.91 Å². The number of nitrogens with one attached hydrogen (secondary N) is 1. The van der Waals surface area contributed by atoms with Crippen molar-refractivity contribution in [2.24, 2.45) is 5.92 Å². The van der Waals surface area contributed by atoms with Crippen molar-refractivity contribution in [3.63, 3.8) is 0 Å². The van der Waals surface area contributed by atoms with Gasteiger partial charge in [-0.2, -0.15) is 0 Å². The Bertz CT molecular complexity index is 572. The second kappa shape index (κ2) is 7.77. The summed E-state index contributed by atoms with van der Waals surface area (Å²) in [6, 6.07) is 8.80. The molecular weight excluding hydrogens is 312 g/mol. The molecule has 136 valence electrons. The lowest BCUT2D eigenvalue weighted by Gasteiger charge is -2.33. The van der Waals surface area contributed by atoms with Gasteiger partial charge in [0.1, 0.15) is 11.9 Å². The highest BCUT2D eigenvalue weighted by Gasteiger charge is 2.33. The molecule has 0 unspecified atom stereocenters. The lowest BCUT2D eigenvalue weighted by atomic mass is 9.83. The largest absolute Gasteiger partial charge is 0.488 e. The Morgan fingerprint density at radius 1 is 1.12 bits per heavy atom. The maximum Gasteiger partial charge on any atom is 0.234 e. The van der Waals surface area contributed by atoms with E-state index in [0.717, 1.165) is 24.6 Å². The first kappa shape index (κ1) is 16.9. The summed E-state index contributed by atoms with van der Waals surface area (Å²) in [5.74, 6) is 1.94. The summed E-state index contributed by atoms with van der Waals surface area (Å²) in [5.41, 5.74) is 1.25. The van der Waals surface area contributed by atoms with Gasteiger partial charge in [0.25, 0.3) is 0 Å². The van der Waals surface area contributed by atoms with Crippen LogP contribution in [-0.4, -0.2) is 42.6 Å². The van der Waals surface area contributed by atoms with Crippen molar-refractivity contribution in [1.82, 2.24) is 10.2 Å². The maximum atomic E-state index is 12.4. The van der Waals surface area contributed by atoms with Gasteiger partial charge in [-0.3, -0.25) is 9.69 Å². The molecule has 1 saturated carbocycles. The van der Waals surface area contributed by atoms with Crippen LogP contribution in [0.2, 0.25) is 0 Å². The van der Waals surface area contributed by atoms with Gasteiger partial charge in [-0.1, -0.05) is 37.5 Å². The minimum absolute atomic E-state index is 0.0778. The van der Waals surface area contributed by atoms with Crippen molar-refractivity contribution in [3.05, 3.63) is 29.8 Å². The summed E-state index contributed by atoms with van der Waals surface area (Å²) >= 11 is 0. The molecule has 3 aliphatic rings. The van der Waals surface area contributed by atoms with Crippen molar-refractivity contribution < 1.29 is 9.53 Å². The van der Waals surface area contributed by atoms with E-state index in [-0.39, 0.29) is 12.0 Å². The molecule has 2 fully saturated rings. The van der Waals surface area contributed by atoms with Crippen LogP contribution in [0.25, 0.3) is 0 Å². The molecule has 1 aromatic rings. The Kier molecular flexibility index (Phi) is 5.25. The van der Waals surface area contributed by atoms with Crippen LogP contribution in [0.3, 0.4) is 0 Å². The lowest BCUT2D eigenvalue weighted by Crippen LogP contribution is -2.45. The molecule has 4 rings (SSSR count). The number of benzene rings is 1. The standard InChI is InChI=1S/C21H30N2O2/c24-21(22-14-18-13-17-9-4-5-11-20(17)25-18)15-23-12-6-10-19(23)16-7-2-1-3-8-16/h4-5,9,11,16,18-19H,1-3,6-8,10,12-15H2,(H,22,24)/t18-,19+/m1/s1. The van der Waals surface area contributed by atoms with Gasteiger partial charge in [-0.25, -0.2) is 0 Å². The Labute approximate surface area is 150 Å². The van der Waals surface area contributed by atoms with E-state index in [0.29, 0.717) is 19.1 Å². The number of likely N-dealkylation sites (tertiary alicyclic amines) is 1. The Hall–Kier alpha value is -1.55. The van der Waals surface area contributed by atoms with E-state index in [4.69, 9.17) is 4.74 Å². The molecule has 0 aromatic heterocycles. The van der Waals surface area contributed by atoms with Crippen LogP contribution in [0.15, 0.2) is 24.3 Å². The molecule has 1 amide bonds. The van der Waals surface area contributed by atoms with Gasteiger partial charge in [0.15, 0.2) is 0 Å². The average molecular weight is 342 g/mol. The third-order valence-corrected chi connectivity index (χ3v) is 6.20. The first-order valence-electron chi connectivity index (χ1n) is 10.0. The zero-order chi connectivity index (χ0) is 17.1. The number of nitrogens with zero attached hydrogens (tertiary/aromatic N) is 1. The van der Waals surface area contributed by atoms with E-state index >= 15 is 0 Å². The van der Waals surface area contributed by atoms with Crippen molar-refractivity contribution in [1.29, 1.82) is 0 Å². The highest BCUT2D eigenvalue weighted by Crippen LogP contribution is 2.34. The van der Waals surface area contributed by atoms with Gasteiger partial charge < -0.3 is 10.1 Å². The SMILES string of the molecule is O=C(CN1CCC[C@H]1C1CCCCC1)NC[C@H]1Cc2ccccc2O1. The fourth-order valence-electron chi connectivity index (χ4n) is 4.94. The van der Waals surface area contributed by atoms with Crippen LogP contribution in [0.1, 0.15) is 50.5 Å². The fraction of sp³-hybridized carbons (Fsp3) is 0.667. The Morgan fingerprint density at radius 2 is 1.96 bits per heavy atom. The van der Waals surface area contributed by atoms with E-state index in [9.17, 15) is 4.79 Å². The molecular formula is C21H30N2O2. The number of fused-ring (bicyclic) bond motifs is 1. The highest BCUT2D eigenvalue weighted by atomic mass is 16.5. The topological polar surface area (TPSA) is 41.6 Å². The number of carbonyl (C=O) groups is 1. The summed E-state index contributed by atoms with van der Waals surface area (Å²) < 4.78 is 5.92. The van der Waals surface area contributed by atoms with Gasteiger partial charge in [0.05, 0.1) is 13.1 Å². The smallest absolute Gasteiger partial charge is 0.234 e. The third kappa shape index (κ3) is 4.00. The maximum absolute atomic E-state index is 12.4. The summed E-state index contributed by atoms with van der Waals surface area (Å²) in [7, 11) is 0. The van der Waals surface area contributed by atoms with E-state index in [2.05, 4.69) is 16.3 Å². The number of para-hydroxylation sites is 1. The van der Waals surface area contributed by atoms with Gasteiger partial charge in [-0.05, 0) is 49.8 Å². The first-order chi connectivity index (χ1) is 12.3. The molecule has 0 bridgehead atoms. The second-order valence-electron chi connectivity index (χ2n) is 7.93. The minimum Gasteiger partial charge on any atom is -0.488 e. The second-order valence-corrected chi connectivity index (χ2v) is 7.93. The molecule has 1 saturated heterocycles. The van der Waals surface area contributed by atoms with Crippen molar-refractivity contribution in [2.45, 2.75) is 63.5 Å². The fourth-order valence-corrected chi connectivity index (χ4v) is 4.94. The first-order valence-corrected chi connectivity index (χ1v) is 10.0. The van der Waals surface area contributed by atoms with E-state index in [1.54, 1.807) is 0 Å². The molecule has 1 aliphatic carbocycles. The number of rotatable bonds is 5. The molecule has 1 N–H and O–H groups in total. The Balaban J connectivity index is 1.23. The van der Waals surface area contributed by atoms with Crippen LogP contribution < -0.4 is 10.1 Å². The van der Waals surface area contributed by atoms with Crippen molar-refractivity contribution in [3.8, 4) is 5.75 Å². The number of hydrogen-bond acceptors (Lipinski definition) is 3. The monoisotopic (exact) mass is 342 g/mol. The normalized spacial score (nSPS) is 27.0. The molecule has 1 aromatic carbocycles. The number of carbonyl (C=O) groups excluding carboxylic acids is 1. The molecule has 2 heterocycles. The van der Waals surface area contributed by atoms with Gasteiger partial charge >= 0.3 is 0 Å². The van der Waals surface area contributed by atoms with Crippen LogP contribution in [0.4, 0.5) is 0 Å². The molecule has 25 heavy (non-hydrogen) atoms. The summed E-state index contributed by atoms with van der Waals surface area (Å²) in [5, 5.41) is 3.10. The third-order valence-electron chi connectivity index (χ3n) is 6.20. The number of amides is 1. The van der Waals surface area contributed by atoms with Crippen LogP contribution >= 0.6 is 0 Å². The zero-order valence-corrected chi connectivity index (χ0v) is 15.1. The Morgan fingerprint density at radius 3 is 2.80 bits per heavy atom. The van der Waals surface area contributed by atoms with Crippen LogP contribution in [0.5, 0.6) is 5.75 Å². The summed E-state index contributed by atoms with van der Waals surface area (Å²) in [6.45, 7) is 2.25. The molecule has 0 spiro atoms. The predicted molar refractivity (Wildman–Crippen MR) is 98.7 cm³/mol. The van der Waals surface area contributed by atoms with E-state index in [1.807, 2.05) is 18.2 Å². The van der Waals surface area contributed by atoms with Gasteiger partial charge in [-0.15, -0.1) is 0 Å².